The van der Waals surface area contributed by atoms with E-state index >= 15 is 0 Å². The molecule has 1 aromatic carbocycles. The summed E-state index contributed by atoms with van der Waals surface area (Å²) in [5.74, 6) is 0.973. The second kappa shape index (κ2) is 5.11. The minimum Gasteiger partial charge on any atom is -0.291 e. The zero-order valence-corrected chi connectivity index (χ0v) is 10.0. The van der Waals surface area contributed by atoms with Crippen LogP contribution >= 0.6 is 0 Å². The summed E-state index contributed by atoms with van der Waals surface area (Å²) in [6, 6.07) is 6.23. The van der Waals surface area contributed by atoms with E-state index in [2.05, 4.69) is 33.8 Å². The van der Waals surface area contributed by atoms with Crippen molar-refractivity contribution in [3.8, 4) is 0 Å². The van der Waals surface area contributed by atoms with Crippen molar-refractivity contribution in [2.24, 2.45) is 0 Å². The van der Waals surface area contributed by atoms with Crippen molar-refractivity contribution in [3.63, 3.8) is 0 Å². The van der Waals surface area contributed by atoms with Crippen molar-refractivity contribution in [3.05, 3.63) is 34.9 Å². The Morgan fingerprint density at radius 2 is 1.80 bits per heavy atom. The van der Waals surface area contributed by atoms with E-state index in [0.717, 1.165) is 5.56 Å². The fraction of sp³-hybridized carbons (Fsp3) is 0.500. The Bertz CT molecular complexity index is 337. The Labute approximate surface area is 92.5 Å². The lowest BCUT2D eigenvalue weighted by Gasteiger charge is -2.19. The number of carbonyl (C=O) groups excluding carboxylic acids is 1. The third kappa shape index (κ3) is 2.68. The number of hydrogen-bond donors (Lipinski definition) is 0. The molecule has 0 amide bonds. The monoisotopic (exact) mass is 203 g/mol. The van der Waals surface area contributed by atoms with Crippen molar-refractivity contribution in [2.75, 3.05) is 0 Å². The van der Waals surface area contributed by atoms with Crippen LogP contribution in [-0.2, 0) is 11.2 Å². The number of benzene rings is 1. The molecule has 0 aromatic heterocycles. The van der Waals surface area contributed by atoms with Crippen LogP contribution in [0.3, 0.4) is 0 Å². The molecule has 0 fully saturated rings. The van der Waals surface area contributed by atoms with Crippen LogP contribution in [0.1, 0.15) is 56.2 Å². The molecular weight excluding hydrogens is 184 g/mol. The summed E-state index contributed by atoms with van der Waals surface area (Å²) >= 11 is 0. The van der Waals surface area contributed by atoms with Gasteiger partial charge in [-0.25, -0.2) is 0 Å². The van der Waals surface area contributed by atoms with E-state index in [1.165, 1.54) is 11.1 Å². The molecule has 0 unspecified atom stereocenters. The second-order valence-corrected chi connectivity index (χ2v) is 4.55. The molecule has 0 spiro atoms. The van der Waals surface area contributed by atoms with Gasteiger partial charge in [0.15, 0.2) is 0 Å². The van der Waals surface area contributed by atoms with E-state index in [4.69, 9.17) is 0 Å². The Kier molecular flexibility index (Phi) is 4.07. The van der Waals surface area contributed by atoms with E-state index in [-0.39, 0.29) is 0 Å². The molecule has 15 heavy (non-hydrogen) atoms. The summed E-state index contributed by atoms with van der Waals surface area (Å²) in [5, 5.41) is 0. The number of hydrogen-bond acceptors (Lipinski definition) is 1. The van der Waals surface area contributed by atoms with Crippen LogP contribution in [0.2, 0.25) is 0 Å². The van der Waals surface area contributed by atoms with Gasteiger partial charge in [0, 0.05) is 6.42 Å². The van der Waals surface area contributed by atoms with Gasteiger partial charge in [0.1, 0.15) is 0 Å². The highest BCUT2D eigenvalue weighted by atomic mass is 16.1. The third-order valence-electron chi connectivity index (χ3n) is 2.69. The maximum atomic E-state index is 10.5. The molecule has 1 aromatic rings. The summed E-state index contributed by atoms with van der Waals surface area (Å²) in [6.45, 7) is 8.73. The second-order valence-electron chi connectivity index (χ2n) is 4.55. The average molecular weight is 203 g/mol. The van der Waals surface area contributed by atoms with Gasteiger partial charge < -0.3 is 0 Å². The summed E-state index contributed by atoms with van der Waals surface area (Å²) in [6.07, 6.45) is 2.41. The molecule has 0 saturated heterocycles. The van der Waals surface area contributed by atoms with Gasteiger partial charge in [-0.3, -0.25) is 4.79 Å². The normalized spacial score (nSPS) is 11.1. The van der Waals surface area contributed by atoms with Crippen LogP contribution in [0.25, 0.3) is 0 Å². The molecule has 0 heterocycles. The largest absolute Gasteiger partial charge is 0.291 e. The van der Waals surface area contributed by atoms with Gasteiger partial charge in [0.25, 0.3) is 0 Å². The molecule has 1 heteroatoms. The first-order chi connectivity index (χ1) is 7.07. The molecule has 81 valence electrons. The van der Waals surface area contributed by atoms with Crippen molar-refractivity contribution in [2.45, 2.75) is 46.0 Å². The third-order valence-corrected chi connectivity index (χ3v) is 2.69. The molecule has 1 nitrogen and oxygen atoms in total. The lowest BCUT2D eigenvalue weighted by atomic mass is 9.86. The van der Waals surface area contributed by atoms with E-state index < -0.39 is 0 Å². The van der Waals surface area contributed by atoms with E-state index in [1.807, 2.05) is 18.4 Å². The molecule has 0 bridgehead atoms. The Morgan fingerprint density at radius 3 is 2.27 bits per heavy atom. The van der Waals surface area contributed by atoms with E-state index in [0.29, 0.717) is 18.3 Å². The van der Waals surface area contributed by atoms with Crippen LogP contribution in [-0.4, -0.2) is 6.29 Å². The van der Waals surface area contributed by atoms with Gasteiger partial charge in [0.05, 0.1) is 0 Å². The fourth-order valence-corrected chi connectivity index (χ4v) is 2.07. The van der Waals surface area contributed by atoms with Gasteiger partial charge in [-0.2, -0.15) is 0 Å². The molecule has 0 atom stereocenters. The fourth-order valence-electron chi connectivity index (χ4n) is 2.07. The Hall–Kier alpha value is -1.11. The molecule has 0 aliphatic heterocycles. The van der Waals surface area contributed by atoms with Crippen molar-refractivity contribution in [1.29, 1.82) is 0 Å². The van der Waals surface area contributed by atoms with Crippen LogP contribution in [0.4, 0.5) is 0 Å². The van der Waals surface area contributed by atoms with Crippen LogP contribution in [0.5, 0.6) is 0 Å². The SMILES string of the molecule is CC(C)c1cccc(C[C]=O)c1C(C)C. The first kappa shape index (κ1) is 12.0. The molecule has 0 aliphatic carbocycles. The predicted molar refractivity (Wildman–Crippen MR) is 64.0 cm³/mol. The molecule has 1 rings (SSSR count). The van der Waals surface area contributed by atoms with Gasteiger partial charge >= 0.3 is 0 Å². The lowest BCUT2D eigenvalue weighted by molar-refractivity contribution is 0.554. The van der Waals surface area contributed by atoms with Crippen LogP contribution in [0.15, 0.2) is 18.2 Å². The average Bonchev–Trinajstić information content (AvgIpc) is 2.17. The Balaban J connectivity index is 3.27. The van der Waals surface area contributed by atoms with Crippen molar-refractivity contribution >= 4 is 6.29 Å². The molecule has 0 aliphatic rings. The van der Waals surface area contributed by atoms with Crippen LogP contribution in [0, 0.1) is 0 Å². The highest BCUT2D eigenvalue weighted by Gasteiger charge is 2.13. The zero-order chi connectivity index (χ0) is 11.4. The summed E-state index contributed by atoms with van der Waals surface area (Å²) < 4.78 is 0. The molecule has 0 saturated carbocycles. The summed E-state index contributed by atoms with van der Waals surface area (Å²) in [5.41, 5.74) is 3.82. The van der Waals surface area contributed by atoms with Crippen molar-refractivity contribution in [1.82, 2.24) is 0 Å². The van der Waals surface area contributed by atoms with Crippen molar-refractivity contribution < 1.29 is 4.79 Å². The predicted octanol–water partition coefficient (Wildman–Crippen LogP) is 3.59. The van der Waals surface area contributed by atoms with Gasteiger partial charge in [-0.1, -0.05) is 45.9 Å². The molecule has 0 N–H and O–H groups in total. The first-order valence-electron chi connectivity index (χ1n) is 5.54. The minimum atomic E-state index is 0.411. The van der Waals surface area contributed by atoms with Gasteiger partial charge in [-0.15, -0.1) is 0 Å². The molecular formula is C14H19O. The highest BCUT2D eigenvalue weighted by Crippen LogP contribution is 2.29. The lowest BCUT2D eigenvalue weighted by Crippen LogP contribution is -2.04. The maximum absolute atomic E-state index is 10.5. The minimum absolute atomic E-state index is 0.411. The molecule has 1 radical (unpaired) electrons. The summed E-state index contributed by atoms with van der Waals surface area (Å²) in [7, 11) is 0. The van der Waals surface area contributed by atoms with E-state index in [9.17, 15) is 4.79 Å². The van der Waals surface area contributed by atoms with E-state index in [1.54, 1.807) is 0 Å². The number of rotatable bonds is 4. The Morgan fingerprint density at radius 1 is 1.13 bits per heavy atom. The van der Waals surface area contributed by atoms with Gasteiger partial charge in [-0.05, 0) is 28.5 Å². The topological polar surface area (TPSA) is 17.1 Å². The smallest absolute Gasteiger partial charge is 0.203 e. The van der Waals surface area contributed by atoms with Crippen LogP contribution < -0.4 is 0 Å². The first-order valence-corrected chi connectivity index (χ1v) is 5.54. The standard InChI is InChI=1S/C14H19O/c1-10(2)13-7-5-6-12(8-9-15)14(13)11(3)4/h5-7,10-11H,8H2,1-4H3. The maximum Gasteiger partial charge on any atom is 0.203 e. The quantitative estimate of drug-likeness (QED) is 0.731. The highest BCUT2D eigenvalue weighted by molar-refractivity contribution is 5.58. The summed E-state index contributed by atoms with van der Waals surface area (Å²) in [4.78, 5) is 10.5. The van der Waals surface area contributed by atoms with Gasteiger partial charge in [0.2, 0.25) is 6.29 Å². The zero-order valence-electron chi connectivity index (χ0n) is 10.0.